The Balaban J connectivity index is 2.57. The van der Waals surface area contributed by atoms with E-state index in [9.17, 15) is 9.18 Å². The fourth-order valence-electron chi connectivity index (χ4n) is 0.825. The summed E-state index contributed by atoms with van der Waals surface area (Å²) in [4.78, 5) is 13.7. The van der Waals surface area contributed by atoms with Crippen LogP contribution in [-0.4, -0.2) is 16.1 Å². The summed E-state index contributed by atoms with van der Waals surface area (Å²) in [5, 5.41) is 8.32. The zero-order chi connectivity index (χ0) is 8.97. The van der Waals surface area contributed by atoms with Crippen molar-refractivity contribution in [1.82, 2.24) is 4.98 Å². The molecule has 64 valence electrons. The molecule has 1 N–H and O–H groups in total. The normalized spacial score (nSPS) is 9.75. The maximum absolute atomic E-state index is 12.4. The Morgan fingerprint density at radius 1 is 1.58 bits per heavy atom. The molecule has 0 spiro atoms. The van der Waals surface area contributed by atoms with E-state index in [1.807, 2.05) is 0 Å². The standard InChI is InChI=1S/C8H8FNO2/c9-7-3-1-2-6(10-7)4-5-8(11)12/h1-3H,4-5H2,(H,11,12). The summed E-state index contributed by atoms with van der Waals surface area (Å²) in [6, 6.07) is 4.34. The molecule has 0 unspecified atom stereocenters. The van der Waals surface area contributed by atoms with Gasteiger partial charge in [-0.05, 0) is 12.1 Å². The molecule has 1 aromatic heterocycles. The fourth-order valence-corrected chi connectivity index (χ4v) is 0.825. The molecule has 4 heteroatoms. The Morgan fingerprint density at radius 2 is 2.33 bits per heavy atom. The Morgan fingerprint density at radius 3 is 2.92 bits per heavy atom. The molecule has 0 atom stereocenters. The summed E-state index contributed by atoms with van der Waals surface area (Å²) in [7, 11) is 0. The lowest BCUT2D eigenvalue weighted by molar-refractivity contribution is -0.136. The van der Waals surface area contributed by atoms with Crippen molar-refractivity contribution in [2.45, 2.75) is 12.8 Å². The van der Waals surface area contributed by atoms with E-state index in [1.165, 1.54) is 12.1 Å². The average Bonchev–Trinajstić information content (AvgIpc) is 2.01. The molecule has 0 amide bonds. The van der Waals surface area contributed by atoms with Crippen LogP contribution < -0.4 is 0 Å². The number of aliphatic carboxylic acids is 1. The molecule has 0 saturated carbocycles. The zero-order valence-corrected chi connectivity index (χ0v) is 6.33. The first kappa shape index (κ1) is 8.64. The minimum absolute atomic E-state index is 0.0174. The molecule has 0 aromatic carbocycles. The van der Waals surface area contributed by atoms with Crippen molar-refractivity contribution in [3.8, 4) is 0 Å². The third-order valence-corrected chi connectivity index (χ3v) is 1.37. The number of hydrogen-bond acceptors (Lipinski definition) is 2. The summed E-state index contributed by atoms with van der Waals surface area (Å²) in [5.74, 6) is -1.47. The van der Waals surface area contributed by atoms with Gasteiger partial charge in [0, 0.05) is 12.1 Å². The second-order valence-electron chi connectivity index (χ2n) is 2.35. The predicted molar refractivity (Wildman–Crippen MR) is 40.2 cm³/mol. The highest BCUT2D eigenvalue weighted by molar-refractivity contribution is 5.66. The summed E-state index contributed by atoms with van der Waals surface area (Å²) in [6.45, 7) is 0. The van der Waals surface area contributed by atoms with E-state index in [0.29, 0.717) is 5.69 Å². The van der Waals surface area contributed by atoms with Crippen molar-refractivity contribution in [2.24, 2.45) is 0 Å². The van der Waals surface area contributed by atoms with E-state index < -0.39 is 11.9 Å². The van der Waals surface area contributed by atoms with Gasteiger partial charge in [0.15, 0.2) is 0 Å². The quantitative estimate of drug-likeness (QED) is 0.692. The third kappa shape index (κ3) is 2.65. The van der Waals surface area contributed by atoms with E-state index in [-0.39, 0.29) is 12.8 Å². The second-order valence-corrected chi connectivity index (χ2v) is 2.35. The van der Waals surface area contributed by atoms with Gasteiger partial charge in [0.25, 0.3) is 0 Å². The summed E-state index contributed by atoms with van der Waals surface area (Å²) in [5.41, 5.74) is 0.470. The molecular weight excluding hydrogens is 161 g/mol. The summed E-state index contributed by atoms with van der Waals surface area (Å²) in [6.07, 6.45) is 0.254. The van der Waals surface area contributed by atoms with Crippen molar-refractivity contribution in [3.63, 3.8) is 0 Å². The van der Waals surface area contributed by atoms with Gasteiger partial charge in [0.2, 0.25) is 5.95 Å². The molecule has 0 aliphatic carbocycles. The van der Waals surface area contributed by atoms with Crippen LogP contribution in [0.4, 0.5) is 4.39 Å². The van der Waals surface area contributed by atoms with Gasteiger partial charge in [0.05, 0.1) is 6.42 Å². The third-order valence-electron chi connectivity index (χ3n) is 1.37. The highest BCUT2D eigenvalue weighted by atomic mass is 19.1. The van der Waals surface area contributed by atoms with Crippen LogP contribution in [-0.2, 0) is 11.2 Å². The SMILES string of the molecule is O=C(O)CCc1cccc(F)n1. The van der Waals surface area contributed by atoms with Crippen molar-refractivity contribution in [2.75, 3.05) is 0 Å². The fraction of sp³-hybridized carbons (Fsp3) is 0.250. The summed E-state index contributed by atoms with van der Waals surface area (Å²) < 4.78 is 12.4. The number of carboxylic acids is 1. The van der Waals surface area contributed by atoms with Gasteiger partial charge >= 0.3 is 5.97 Å². The molecule has 12 heavy (non-hydrogen) atoms. The van der Waals surface area contributed by atoms with Crippen LogP contribution in [0.15, 0.2) is 18.2 Å². The number of halogens is 1. The largest absolute Gasteiger partial charge is 0.481 e. The first-order valence-electron chi connectivity index (χ1n) is 3.52. The molecular formula is C8H8FNO2. The topological polar surface area (TPSA) is 50.2 Å². The lowest BCUT2D eigenvalue weighted by Crippen LogP contribution is -1.99. The van der Waals surface area contributed by atoms with Gasteiger partial charge in [-0.25, -0.2) is 4.98 Å². The Kier molecular flexibility index (Phi) is 2.74. The Bertz CT molecular complexity index is 288. The maximum Gasteiger partial charge on any atom is 0.303 e. The number of rotatable bonds is 3. The first-order valence-corrected chi connectivity index (χ1v) is 3.52. The molecule has 3 nitrogen and oxygen atoms in total. The van der Waals surface area contributed by atoms with Gasteiger partial charge in [-0.15, -0.1) is 0 Å². The molecule has 0 radical (unpaired) electrons. The molecule has 0 aliphatic heterocycles. The number of aryl methyl sites for hydroxylation is 1. The van der Waals surface area contributed by atoms with Gasteiger partial charge in [-0.1, -0.05) is 6.07 Å². The van der Waals surface area contributed by atoms with Gasteiger partial charge < -0.3 is 5.11 Å². The van der Waals surface area contributed by atoms with Crippen LogP contribution in [0.3, 0.4) is 0 Å². The van der Waals surface area contributed by atoms with E-state index in [1.54, 1.807) is 6.07 Å². The minimum Gasteiger partial charge on any atom is -0.481 e. The smallest absolute Gasteiger partial charge is 0.303 e. The highest BCUT2D eigenvalue weighted by Crippen LogP contribution is 2.00. The maximum atomic E-state index is 12.4. The second kappa shape index (κ2) is 3.80. The predicted octanol–water partition coefficient (Wildman–Crippen LogP) is 1.24. The summed E-state index contributed by atoms with van der Waals surface area (Å²) >= 11 is 0. The highest BCUT2D eigenvalue weighted by Gasteiger charge is 2.00. The molecule has 1 rings (SSSR count). The Labute approximate surface area is 68.9 Å². The van der Waals surface area contributed by atoms with Gasteiger partial charge in [0.1, 0.15) is 0 Å². The number of aromatic nitrogens is 1. The lowest BCUT2D eigenvalue weighted by atomic mass is 10.2. The number of carbonyl (C=O) groups is 1. The molecule has 0 fully saturated rings. The van der Waals surface area contributed by atoms with E-state index >= 15 is 0 Å². The number of nitrogens with zero attached hydrogens (tertiary/aromatic N) is 1. The van der Waals surface area contributed by atoms with Gasteiger partial charge in [-0.2, -0.15) is 4.39 Å². The first-order chi connectivity index (χ1) is 5.68. The molecule has 1 aromatic rings. The average molecular weight is 169 g/mol. The zero-order valence-electron chi connectivity index (χ0n) is 6.33. The molecule has 1 heterocycles. The number of pyridine rings is 1. The van der Waals surface area contributed by atoms with E-state index in [4.69, 9.17) is 5.11 Å². The molecule has 0 bridgehead atoms. The molecule has 0 aliphatic rings. The van der Waals surface area contributed by atoms with Crippen LogP contribution >= 0.6 is 0 Å². The number of carboxylic acid groups (broad SMARTS) is 1. The van der Waals surface area contributed by atoms with Crippen molar-refractivity contribution >= 4 is 5.97 Å². The van der Waals surface area contributed by atoms with Crippen molar-refractivity contribution in [3.05, 3.63) is 29.8 Å². The van der Waals surface area contributed by atoms with E-state index in [2.05, 4.69) is 4.98 Å². The van der Waals surface area contributed by atoms with Crippen molar-refractivity contribution in [1.29, 1.82) is 0 Å². The van der Waals surface area contributed by atoms with E-state index in [0.717, 1.165) is 0 Å². The van der Waals surface area contributed by atoms with Crippen LogP contribution in [0, 0.1) is 5.95 Å². The van der Waals surface area contributed by atoms with Gasteiger partial charge in [-0.3, -0.25) is 4.79 Å². The Hall–Kier alpha value is -1.45. The van der Waals surface area contributed by atoms with Crippen LogP contribution in [0.25, 0.3) is 0 Å². The monoisotopic (exact) mass is 169 g/mol. The number of hydrogen-bond donors (Lipinski definition) is 1. The van der Waals surface area contributed by atoms with Crippen LogP contribution in [0.1, 0.15) is 12.1 Å². The minimum atomic E-state index is -0.902. The molecule has 0 saturated heterocycles. The van der Waals surface area contributed by atoms with Crippen molar-refractivity contribution < 1.29 is 14.3 Å². The van der Waals surface area contributed by atoms with Crippen LogP contribution in [0.5, 0.6) is 0 Å². The lowest BCUT2D eigenvalue weighted by Gasteiger charge is -1.96. The van der Waals surface area contributed by atoms with Crippen LogP contribution in [0.2, 0.25) is 0 Å².